The maximum atomic E-state index is 11.5. The van der Waals surface area contributed by atoms with Gasteiger partial charge < -0.3 is 15.2 Å². The van der Waals surface area contributed by atoms with Crippen molar-refractivity contribution in [1.29, 1.82) is 0 Å². The number of benzene rings is 2. The van der Waals surface area contributed by atoms with Crippen LogP contribution in [0.2, 0.25) is 5.02 Å². The number of hydrogen-bond donors (Lipinski definition) is 4. The van der Waals surface area contributed by atoms with E-state index in [1.807, 2.05) is 42.5 Å². The Morgan fingerprint density at radius 1 is 1.19 bits per heavy atom. The maximum Gasteiger partial charge on any atom is 0.372 e. The van der Waals surface area contributed by atoms with Gasteiger partial charge in [-0.15, -0.1) is 0 Å². The standard InChI is InChI=1S/C21H15ClN2O3/c1-11-9-15(21(26)27)18(23-11)10-16-19-14(12-5-7-13(22)8-6-12)3-2-4-17(19)24-20(16)25/h2-10,23H,1H3,(H,24,25)(H,26,27)/p+1/b16-10-. The molecule has 4 rings (SSSR count). The lowest BCUT2D eigenvalue weighted by Gasteiger charge is -2.07. The van der Waals surface area contributed by atoms with Crippen molar-refractivity contribution in [3.05, 3.63) is 76.1 Å². The molecule has 0 unspecified atom stereocenters. The molecule has 134 valence electrons. The number of aromatic amines is 1. The molecular weight excluding hydrogens is 364 g/mol. The Kier molecular flexibility index (Phi) is 4.09. The molecule has 5 nitrogen and oxygen atoms in total. The van der Waals surface area contributed by atoms with Gasteiger partial charge in [0, 0.05) is 16.8 Å². The van der Waals surface area contributed by atoms with E-state index in [1.165, 1.54) is 0 Å². The second-order valence-corrected chi connectivity index (χ2v) is 6.79. The fourth-order valence-electron chi connectivity index (χ4n) is 3.32. The molecular formula is C21H16ClN2O3+. The molecule has 2 heterocycles. The highest BCUT2D eigenvalue weighted by molar-refractivity contribution is 6.30. The summed E-state index contributed by atoms with van der Waals surface area (Å²) < 4.78 is 0. The third kappa shape index (κ3) is 3.02. The number of halogens is 1. The first-order valence-corrected chi connectivity index (χ1v) is 8.69. The fraction of sp³-hybridized carbons (Fsp3) is 0.0476. The molecule has 2 aromatic carbocycles. The summed E-state index contributed by atoms with van der Waals surface area (Å²) in [5, 5.41) is 20.5. The average molecular weight is 380 g/mol. The van der Waals surface area contributed by atoms with Crippen LogP contribution in [0.1, 0.15) is 27.3 Å². The number of H-pyrrole nitrogens is 1. The van der Waals surface area contributed by atoms with Crippen LogP contribution >= 0.6 is 11.6 Å². The molecule has 3 aromatic rings. The van der Waals surface area contributed by atoms with Gasteiger partial charge in [0.2, 0.25) is 5.69 Å². The third-order valence-corrected chi connectivity index (χ3v) is 4.75. The Morgan fingerprint density at radius 2 is 1.93 bits per heavy atom. The van der Waals surface area contributed by atoms with E-state index in [1.54, 1.807) is 19.1 Å². The van der Waals surface area contributed by atoms with Crippen LogP contribution in [-0.2, 0) is 0 Å². The van der Waals surface area contributed by atoms with E-state index in [2.05, 4.69) is 9.98 Å². The fourth-order valence-corrected chi connectivity index (χ4v) is 3.44. The van der Waals surface area contributed by atoms with E-state index in [-0.39, 0.29) is 11.5 Å². The van der Waals surface area contributed by atoms with Gasteiger partial charge in [-0.2, -0.15) is 4.99 Å². The van der Waals surface area contributed by atoms with Crippen molar-refractivity contribution in [3.63, 3.8) is 0 Å². The number of carboxylic acids is 1. The minimum Gasteiger partial charge on any atom is -0.478 e. The van der Waals surface area contributed by atoms with Gasteiger partial charge in [-0.25, -0.2) is 4.79 Å². The molecule has 0 bridgehead atoms. The van der Waals surface area contributed by atoms with Crippen molar-refractivity contribution in [2.45, 2.75) is 6.92 Å². The number of aliphatic hydroxyl groups is 1. The van der Waals surface area contributed by atoms with Crippen molar-refractivity contribution in [2.75, 3.05) is 0 Å². The monoisotopic (exact) mass is 379 g/mol. The summed E-state index contributed by atoms with van der Waals surface area (Å²) >= 11 is 6.00. The van der Waals surface area contributed by atoms with Crippen molar-refractivity contribution >= 4 is 40.8 Å². The van der Waals surface area contributed by atoms with E-state index in [0.717, 1.165) is 28.1 Å². The van der Waals surface area contributed by atoms with Gasteiger partial charge in [-0.1, -0.05) is 35.9 Å². The van der Waals surface area contributed by atoms with Crippen LogP contribution in [0.3, 0.4) is 0 Å². The summed E-state index contributed by atoms with van der Waals surface area (Å²) in [4.78, 5) is 17.5. The third-order valence-electron chi connectivity index (χ3n) is 4.50. The topological polar surface area (TPSA) is 87.3 Å². The number of nitrogens with one attached hydrogen (secondary N) is 2. The minimum atomic E-state index is -1.03. The zero-order valence-corrected chi connectivity index (χ0v) is 15.1. The Hall–Kier alpha value is -3.31. The highest BCUT2D eigenvalue weighted by Gasteiger charge is 2.31. The van der Waals surface area contributed by atoms with Crippen LogP contribution in [0.5, 0.6) is 0 Å². The first kappa shape index (κ1) is 17.1. The van der Waals surface area contributed by atoms with Crippen LogP contribution in [0, 0.1) is 6.92 Å². The Bertz CT molecular complexity index is 1120. The molecule has 0 saturated heterocycles. The molecule has 6 heteroatoms. The molecule has 1 aliphatic heterocycles. The van der Waals surface area contributed by atoms with Gasteiger partial charge in [0.05, 0.1) is 16.8 Å². The summed E-state index contributed by atoms with van der Waals surface area (Å²) in [7, 11) is 0. The van der Waals surface area contributed by atoms with Crippen LogP contribution in [0.15, 0.2) is 48.5 Å². The molecule has 0 radical (unpaired) electrons. The number of fused-ring (bicyclic) bond motifs is 1. The number of carbonyl (C=O) groups is 1. The van der Waals surface area contributed by atoms with E-state index >= 15 is 0 Å². The molecule has 27 heavy (non-hydrogen) atoms. The van der Waals surface area contributed by atoms with Crippen LogP contribution in [0.4, 0.5) is 5.69 Å². The predicted molar refractivity (Wildman–Crippen MR) is 106 cm³/mol. The van der Waals surface area contributed by atoms with E-state index < -0.39 is 5.97 Å². The average Bonchev–Trinajstić information content (AvgIpc) is 3.16. The number of aliphatic hydroxyl groups excluding tert-OH is 1. The van der Waals surface area contributed by atoms with Gasteiger partial charge in [0.15, 0.2) is 0 Å². The number of carboxylic acid groups (broad SMARTS) is 1. The second-order valence-electron chi connectivity index (χ2n) is 6.35. The number of aryl methyl sites for hydroxylation is 1. The lowest BCUT2D eigenvalue weighted by molar-refractivity contribution is -0.359. The Labute approximate surface area is 160 Å². The molecule has 0 fully saturated rings. The van der Waals surface area contributed by atoms with Gasteiger partial charge in [-0.05, 0) is 42.3 Å². The van der Waals surface area contributed by atoms with Gasteiger partial charge in [0.25, 0.3) is 0 Å². The zero-order chi connectivity index (χ0) is 19.1. The molecule has 4 N–H and O–H groups in total. The zero-order valence-electron chi connectivity index (χ0n) is 14.4. The molecule has 0 atom stereocenters. The Morgan fingerprint density at radius 3 is 2.63 bits per heavy atom. The maximum absolute atomic E-state index is 11.5. The van der Waals surface area contributed by atoms with Crippen molar-refractivity contribution in [1.82, 2.24) is 4.98 Å². The molecule has 0 spiro atoms. The molecule has 0 aliphatic carbocycles. The summed E-state index contributed by atoms with van der Waals surface area (Å²) in [6, 6.07) is 14.7. The first-order chi connectivity index (χ1) is 12.9. The van der Waals surface area contributed by atoms with Gasteiger partial charge in [0.1, 0.15) is 5.57 Å². The normalized spacial score (nSPS) is 14.3. The summed E-state index contributed by atoms with van der Waals surface area (Å²) in [5.41, 5.74) is 5.27. The highest BCUT2D eigenvalue weighted by atomic mass is 35.5. The quantitative estimate of drug-likeness (QED) is 0.561. The molecule has 1 aliphatic rings. The Balaban J connectivity index is 1.91. The van der Waals surface area contributed by atoms with Gasteiger partial charge >= 0.3 is 11.9 Å². The van der Waals surface area contributed by atoms with E-state index in [9.17, 15) is 15.0 Å². The lowest BCUT2D eigenvalue weighted by atomic mass is 9.93. The second kappa shape index (κ2) is 6.45. The first-order valence-electron chi connectivity index (χ1n) is 8.31. The van der Waals surface area contributed by atoms with Crippen molar-refractivity contribution < 1.29 is 20.0 Å². The molecule has 0 amide bonds. The van der Waals surface area contributed by atoms with E-state index in [4.69, 9.17) is 11.6 Å². The minimum absolute atomic E-state index is 0.0185. The summed E-state index contributed by atoms with van der Waals surface area (Å²) in [6.45, 7) is 1.79. The van der Waals surface area contributed by atoms with Gasteiger partial charge in [-0.3, -0.25) is 0 Å². The van der Waals surface area contributed by atoms with Crippen LogP contribution in [-0.4, -0.2) is 27.1 Å². The van der Waals surface area contributed by atoms with Crippen LogP contribution < -0.4 is 4.99 Å². The van der Waals surface area contributed by atoms with E-state index in [0.29, 0.717) is 16.3 Å². The number of hydrogen-bond acceptors (Lipinski definition) is 1. The molecule has 1 aromatic heterocycles. The summed E-state index contributed by atoms with van der Waals surface area (Å²) in [5.74, 6) is -1.04. The van der Waals surface area contributed by atoms with Crippen LogP contribution in [0.25, 0.3) is 22.8 Å². The molecule has 0 saturated carbocycles. The lowest BCUT2D eigenvalue weighted by Crippen LogP contribution is -2.63. The number of rotatable bonds is 3. The SMILES string of the molecule is Cc1cc(C(=O)O)c(/C=C2\C(O)=[NH+]c3cccc(-c4ccc(Cl)cc4)c32)[nH]1. The van der Waals surface area contributed by atoms with Crippen molar-refractivity contribution in [2.24, 2.45) is 0 Å². The predicted octanol–water partition coefficient (Wildman–Crippen LogP) is 3.56. The number of aromatic carboxylic acids is 1. The van der Waals surface area contributed by atoms with Crippen molar-refractivity contribution in [3.8, 4) is 11.1 Å². The number of aromatic nitrogens is 1. The summed E-state index contributed by atoms with van der Waals surface area (Å²) in [6.07, 6.45) is 1.66. The highest BCUT2D eigenvalue weighted by Crippen LogP contribution is 2.36. The smallest absolute Gasteiger partial charge is 0.372 e. The largest absolute Gasteiger partial charge is 0.478 e.